The fourth-order valence-electron chi connectivity index (χ4n) is 5.48. The van der Waals surface area contributed by atoms with Crippen LogP contribution in [0.2, 0.25) is 0 Å². The fraction of sp³-hybridized carbons (Fsp3) is 0.632. The first-order valence-corrected chi connectivity index (χ1v) is 9.45. The van der Waals surface area contributed by atoms with Gasteiger partial charge >= 0.3 is 0 Å². The minimum absolute atomic E-state index is 0.196. The van der Waals surface area contributed by atoms with E-state index in [-0.39, 0.29) is 5.41 Å². The van der Waals surface area contributed by atoms with E-state index in [1.165, 1.54) is 30.5 Å². The van der Waals surface area contributed by atoms with E-state index in [4.69, 9.17) is 12.2 Å². The van der Waals surface area contributed by atoms with Gasteiger partial charge in [0.15, 0.2) is 5.11 Å². The van der Waals surface area contributed by atoms with Gasteiger partial charge in [-0.05, 0) is 74.8 Å². The Hall–Kier alpha value is -1.33. The quantitative estimate of drug-likeness (QED) is 0.705. The summed E-state index contributed by atoms with van der Waals surface area (Å²) in [4.78, 5) is 4.91. The van der Waals surface area contributed by atoms with Crippen molar-refractivity contribution in [3.63, 3.8) is 0 Å². The second-order valence-corrected chi connectivity index (χ2v) is 8.10. The molecule has 1 aromatic carbocycles. The lowest BCUT2D eigenvalue weighted by molar-refractivity contribution is 0.0585. The summed E-state index contributed by atoms with van der Waals surface area (Å²) in [7, 11) is 4.20. The molecule has 4 nitrogen and oxygen atoms in total. The van der Waals surface area contributed by atoms with Crippen molar-refractivity contribution in [2.75, 3.05) is 33.7 Å². The number of piperidine rings is 1. The molecule has 0 saturated carbocycles. The van der Waals surface area contributed by atoms with Crippen LogP contribution < -0.4 is 5.32 Å². The third-order valence-electron chi connectivity index (χ3n) is 6.68. The van der Waals surface area contributed by atoms with Gasteiger partial charge in [-0.3, -0.25) is 0 Å². The molecule has 2 saturated heterocycles. The summed E-state index contributed by atoms with van der Waals surface area (Å²) in [5, 5.41) is 14.1. The van der Waals surface area contributed by atoms with Crippen LogP contribution in [0, 0.1) is 5.92 Å². The molecule has 4 rings (SSSR count). The number of likely N-dealkylation sites (tertiary alicyclic amines) is 2. The summed E-state index contributed by atoms with van der Waals surface area (Å²) >= 11 is 5.52. The van der Waals surface area contributed by atoms with Crippen LogP contribution >= 0.6 is 12.2 Å². The maximum Gasteiger partial charge on any atom is 0.168 e. The zero-order valence-corrected chi connectivity index (χ0v) is 15.4. The van der Waals surface area contributed by atoms with Crippen LogP contribution in [0.3, 0.4) is 0 Å². The van der Waals surface area contributed by atoms with Crippen LogP contribution in [0.25, 0.3) is 0 Å². The van der Waals surface area contributed by atoms with Crippen LogP contribution in [0.1, 0.15) is 30.4 Å². The van der Waals surface area contributed by atoms with Crippen LogP contribution in [0.4, 0.5) is 0 Å². The third-order valence-corrected chi connectivity index (χ3v) is 7.14. The average molecular weight is 346 g/mol. The number of benzene rings is 1. The zero-order valence-electron chi connectivity index (χ0n) is 14.6. The van der Waals surface area contributed by atoms with Gasteiger partial charge in [0.25, 0.3) is 0 Å². The molecule has 5 heteroatoms. The molecule has 0 amide bonds. The fourth-order valence-corrected chi connectivity index (χ4v) is 5.65. The number of likely N-dealkylation sites (N-methyl/N-ethyl adjacent to an activating group) is 1. The second kappa shape index (κ2) is 5.88. The first kappa shape index (κ1) is 16.2. The number of thiocarbonyl (C=S) groups is 1. The van der Waals surface area contributed by atoms with Gasteiger partial charge in [0.05, 0.1) is 0 Å². The van der Waals surface area contributed by atoms with E-state index >= 15 is 0 Å². The van der Waals surface area contributed by atoms with Crippen molar-refractivity contribution in [3.8, 4) is 5.75 Å². The molecule has 3 atom stereocenters. The van der Waals surface area contributed by atoms with Crippen molar-refractivity contribution in [1.29, 1.82) is 0 Å². The van der Waals surface area contributed by atoms with Crippen molar-refractivity contribution in [2.45, 2.75) is 37.1 Å². The van der Waals surface area contributed by atoms with E-state index in [0.29, 0.717) is 17.7 Å². The number of hydrogen-bond donors (Lipinski definition) is 2. The smallest absolute Gasteiger partial charge is 0.168 e. The van der Waals surface area contributed by atoms with E-state index in [0.717, 1.165) is 31.0 Å². The van der Waals surface area contributed by atoms with E-state index in [1.54, 1.807) is 0 Å². The molecule has 2 N–H and O–H groups in total. The van der Waals surface area contributed by atoms with E-state index < -0.39 is 0 Å². The lowest BCUT2D eigenvalue weighted by atomic mass is 9.57. The van der Waals surface area contributed by atoms with Crippen molar-refractivity contribution in [3.05, 3.63) is 29.3 Å². The van der Waals surface area contributed by atoms with E-state index in [9.17, 15) is 5.11 Å². The van der Waals surface area contributed by atoms with Crippen molar-refractivity contribution < 1.29 is 5.11 Å². The summed E-state index contributed by atoms with van der Waals surface area (Å²) in [6.45, 7) is 3.19. The van der Waals surface area contributed by atoms with Gasteiger partial charge in [-0.25, -0.2) is 0 Å². The maximum absolute atomic E-state index is 10.1. The summed E-state index contributed by atoms with van der Waals surface area (Å²) < 4.78 is 0. The first-order valence-electron chi connectivity index (χ1n) is 9.04. The van der Waals surface area contributed by atoms with Gasteiger partial charge < -0.3 is 20.2 Å². The highest BCUT2D eigenvalue weighted by molar-refractivity contribution is 7.80. The number of nitrogens with one attached hydrogen (secondary N) is 1. The van der Waals surface area contributed by atoms with E-state index in [1.807, 2.05) is 13.1 Å². The Morgan fingerprint density at radius 2 is 2.17 bits per heavy atom. The van der Waals surface area contributed by atoms with Crippen molar-refractivity contribution >= 4 is 17.3 Å². The Balaban J connectivity index is 1.81. The van der Waals surface area contributed by atoms with Gasteiger partial charge in [-0.15, -0.1) is 0 Å². The molecule has 1 aliphatic carbocycles. The molecular weight excluding hydrogens is 318 g/mol. The number of phenols is 1. The molecule has 2 fully saturated rings. The Labute approximate surface area is 149 Å². The number of rotatable bonds is 0. The summed E-state index contributed by atoms with van der Waals surface area (Å²) in [5.74, 6) is 0.977. The Morgan fingerprint density at radius 1 is 1.33 bits per heavy atom. The predicted molar refractivity (Wildman–Crippen MR) is 100 cm³/mol. The number of phenolic OH excluding ortho intramolecular Hbond substituents is 1. The molecule has 2 heterocycles. The molecule has 0 radical (unpaired) electrons. The molecule has 0 aromatic heterocycles. The van der Waals surface area contributed by atoms with Crippen molar-refractivity contribution in [1.82, 2.24) is 15.1 Å². The van der Waals surface area contributed by atoms with Gasteiger partial charge in [0.2, 0.25) is 0 Å². The molecule has 0 spiro atoms. The molecular formula is C19H27N3OS. The second-order valence-electron chi connectivity index (χ2n) is 7.71. The number of hydrogen-bond acceptors (Lipinski definition) is 3. The highest BCUT2D eigenvalue weighted by Crippen LogP contribution is 2.52. The lowest BCUT2D eigenvalue weighted by Gasteiger charge is -2.55. The molecule has 0 unspecified atom stereocenters. The van der Waals surface area contributed by atoms with Gasteiger partial charge in [-0.1, -0.05) is 6.07 Å². The minimum Gasteiger partial charge on any atom is -0.508 e. The lowest BCUT2D eigenvalue weighted by Crippen LogP contribution is -2.60. The maximum atomic E-state index is 10.1. The minimum atomic E-state index is 0.196. The topological polar surface area (TPSA) is 38.7 Å². The van der Waals surface area contributed by atoms with Crippen molar-refractivity contribution in [2.24, 2.45) is 5.92 Å². The SMILES string of the molecule is CNC(=S)N1CC[C@]23CCCN(C)[C@H](Cc4ccc(O)cc42)[C@@H]3C1. The Kier molecular flexibility index (Phi) is 3.96. The monoisotopic (exact) mass is 345 g/mol. The van der Waals surface area contributed by atoms with Crippen LogP contribution in [0.15, 0.2) is 18.2 Å². The van der Waals surface area contributed by atoms with Crippen LogP contribution in [-0.2, 0) is 11.8 Å². The van der Waals surface area contributed by atoms with Gasteiger partial charge in [0.1, 0.15) is 5.75 Å². The zero-order chi connectivity index (χ0) is 16.9. The number of fused-ring (bicyclic) bond motifs is 1. The molecule has 2 bridgehead atoms. The number of nitrogens with zero attached hydrogens (tertiary/aromatic N) is 2. The predicted octanol–water partition coefficient (Wildman–Crippen LogP) is 2.11. The van der Waals surface area contributed by atoms with Crippen LogP contribution in [0.5, 0.6) is 5.75 Å². The molecule has 130 valence electrons. The van der Waals surface area contributed by atoms with Gasteiger partial charge in [0, 0.05) is 37.5 Å². The molecule has 3 aliphatic rings. The Bertz CT molecular complexity index is 664. The summed E-state index contributed by atoms with van der Waals surface area (Å²) in [6.07, 6.45) is 4.66. The standard InChI is InChI=1S/C19H27N3OS/c1-20-18(24)22-9-7-19-6-3-8-21(2)17(16(19)12-22)10-13-4-5-14(23)11-15(13)19/h4-5,11,16-17,23H,3,6-10,12H2,1-2H3,(H,20,24)/t16-,17+,19+/m0/s1. The molecule has 1 aromatic rings. The van der Waals surface area contributed by atoms with Gasteiger partial charge in [-0.2, -0.15) is 0 Å². The average Bonchev–Trinajstić information content (AvgIpc) is 2.69. The normalized spacial score (nSPS) is 32.5. The molecule has 24 heavy (non-hydrogen) atoms. The largest absolute Gasteiger partial charge is 0.508 e. The highest BCUT2D eigenvalue weighted by atomic mass is 32.1. The highest BCUT2D eigenvalue weighted by Gasteiger charge is 2.53. The first-order chi connectivity index (χ1) is 11.5. The Morgan fingerprint density at radius 3 is 2.96 bits per heavy atom. The summed E-state index contributed by atoms with van der Waals surface area (Å²) in [5.41, 5.74) is 3.04. The summed E-state index contributed by atoms with van der Waals surface area (Å²) in [6, 6.07) is 6.62. The number of aromatic hydroxyl groups is 1. The molecule has 2 aliphatic heterocycles. The third kappa shape index (κ3) is 2.32. The van der Waals surface area contributed by atoms with E-state index in [2.05, 4.69) is 34.3 Å². The van der Waals surface area contributed by atoms with Crippen LogP contribution in [-0.4, -0.2) is 59.8 Å².